The van der Waals surface area contributed by atoms with E-state index in [0.717, 1.165) is 5.56 Å². The number of allylic oxidation sites excluding steroid dienone is 1. The van der Waals surface area contributed by atoms with Crippen LogP contribution in [0.1, 0.15) is 17.0 Å². The van der Waals surface area contributed by atoms with E-state index in [1.54, 1.807) is 48.8 Å². The standard InChI is InChI=1S/C23H19ClF3N3O2S/c24-20-7-2-15(13-28-20)12-19(31)22(8-1-10-29-22)9-11-32-17-5-3-16(4-6-17)18-14-33-21(30-18)23(25,26)27/h1-8,10,13-14,19,31H,9,11-12H2. The van der Waals surface area contributed by atoms with Crippen molar-refractivity contribution in [2.75, 3.05) is 6.61 Å². The molecule has 0 fully saturated rings. The van der Waals surface area contributed by atoms with Crippen LogP contribution in [0, 0.1) is 0 Å². The second-order valence-corrected chi connectivity index (χ2v) is 8.74. The van der Waals surface area contributed by atoms with Gasteiger partial charge in [0.25, 0.3) is 0 Å². The first-order valence-corrected chi connectivity index (χ1v) is 11.3. The minimum Gasteiger partial charge on any atom is -0.493 e. The van der Waals surface area contributed by atoms with Gasteiger partial charge in [0.1, 0.15) is 16.4 Å². The van der Waals surface area contributed by atoms with Crippen LogP contribution >= 0.6 is 22.9 Å². The number of aliphatic hydroxyl groups is 1. The highest BCUT2D eigenvalue weighted by Crippen LogP contribution is 2.34. The Morgan fingerprint density at radius 1 is 1.15 bits per heavy atom. The van der Waals surface area contributed by atoms with Crippen molar-refractivity contribution in [2.45, 2.75) is 30.7 Å². The molecule has 0 spiro atoms. The first-order valence-electron chi connectivity index (χ1n) is 10.0. The molecule has 5 nitrogen and oxygen atoms in total. The number of halogens is 4. The number of ether oxygens (including phenoxy) is 1. The van der Waals surface area contributed by atoms with Gasteiger partial charge in [0, 0.05) is 36.2 Å². The quantitative estimate of drug-likeness (QED) is 0.413. The van der Waals surface area contributed by atoms with E-state index in [1.165, 1.54) is 5.38 Å². The zero-order valence-corrected chi connectivity index (χ0v) is 18.7. The number of aromatic nitrogens is 2. The highest BCUT2D eigenvalue weighted by molar-refractivity contribution is 7.10. The van der Waals surface area contributed by atoms with Crippen LogP contribution < -0.4 is 4.74 Å². The molecule has 1 aliphatic rings. The lowest BCUT2D eigenvalue weighted by Crippen LogP contribution is -2.40. The zero-order chi connectivity index (χ0) is 23.5. The number of hydrogen-bond donors (Lipinski definition) is 1. The lowest BCUT2D eigenvalue weighted by atomic mass is 9.86. The molecule has 4 rings (SSSR count). The van der Waals surface area contributed by atoms with Crippen molar-refractivity contribution in [1.29, 1.82) is 0 Å². The van der Waals surface area contributed by atoms with Gasteiger partial charge in [-0.1, -0.05) is 23.7 Å². The van der Waals surface area contributed by atoms with Gasteiger partial charge < -0.3 is 9.84 Å². The number of aliphatic hydroxyl groups excluding tert-OH is 1. The monoisotopic (exact) mass is 493 g/mol. The molecule has 0 radical (unpaired) electrons. The van der Waals surface area contributed by atoms with Gasteiger partial charge in [-0.25, -0.2) is 9.97 Å². The molecule has 0 aliphatic carbocycles. The Kier molecular flexibility index (Phi) is 6.83. The van der Waals surface area contributed by atoms with Crippen molar-refractivity contribution < 1.29 is 23.0 Å². The Morgan fingerprint density at radius 2 is 1.94 bits per heavy atom. The van der Waals surface area contributed by atoms with Crippen molar-refractivity contribution in [3.8, 4) is 17.0 Å². The SMILES string of the molecule is OC(Cc1ccc(Cl)nc1)C1(CCOc2ccc(-c3csc(C(F)(F)F)n3)cc2)C=CC=N1. The molecule has 0 saturated carbocycles. The lowest BCUT2D eigenvalue weighted by molar-refractivity contribution is -0.137. The van der Waals surface area contributed by atoms with Crippen LogP contribution in [0.15, 0.2) is 65.1 Å². The van der Waals surface area contributed by atoms with E-state index in [9.17, 15) is 18.3 Å². The molecular formula is C23H19ClF3N3O2S. The van der Waals surface area contributed by atoms with Gasteiger partial charge >= 0.3 is 6.18 Å². The molecule has 10 heteroatoms. The maximum absolute atomic E-state index is 12.8. The molecule has 1 aromatic carbocycles. The van der Waals surface area contributed by atoms with Gasteiger partial charge in [-0.05, 0) is 42.0 Å². The summed E-state index contributed by atoms with van der Waals surface area (Å²) in [6.45, 7) is 0.284. The molecule has 3 aromatic rings. The summed E-state index contributed by atoms with van der Waals surface area (Å²) in [6.07, 6.45) is 2.48. The second-order valence-electron chi connectivity index (χ2n) is 7.50. The molecule has 0 bridgehead atoms. The molecule has 0 saturated heterocycles. The molecule has 2 unspecified atom stereocenters. The Labute approximate surface area is 197 Å². The summed E-state index contributed by atoms with van der Waals surface area (Å²) in [6, 6.07) is 10.2. The molecule has 3 heterocycles. The predicted molar refractivity (Wildman–Crippen MR) is 122 cm³/mol. The predicted octanol–water partition coefficient (Wildman–Crippen LogP) is 5.63. The summed E-state index contributed by atoms with van der Waals surface area (Å²) >= 11 is 6.39. The van der Waals surface area contributed by atoms with Crippen LogP contribution in [0.3, 0.4) is 0 Å². The number of alkyl halides is 3. The summed E-state index contributed by atoms with van der Waals surface area (Å²) in [5.41, 5.74) is 0.867. The van der Waals surface area contributed by atoms with E-state index in [2.05, 4.69) is 15.0 Å². The number of benzene rings is 1. The third-order valence-corrected chi connectivity index (χ3v) is 6.36. The van der Waals surface area contributed by atoms with Gasteiger partial charge in [0.05, 0.1) is 18.4 Å². The van der Waals surface area contributed by atoms with E-state index in [0.29, 0.717) is 40.6 Å². The van der Waals surface area contributed by atoms with Gasteiger partial charge in [-0.3, -0.25) is 4.99 Å². The van der Waals surface area contributed by atoms with Crippen LogP contribution in [0.2, 0.25) is 5.15 Å². The number of pyridine rings is 1. The Morgan fingerprint density at radius 3 is 2.55 bits per heavy atom. The number of aliphatic imine (C=N–C) groups is 1. The lowest BCUT2D eigenvalue weighted by Gasteiger charge is -2.30. The zero-order valence-electron chi connectivity index (χ0n) is 17.2. The minimum atomic E-state index is -4.45. The summed E-state index contributed by atoms with van der Waals surface area (Å²) < 4.78 is 44.1. The molecule has 33 heavy (non-hydrogen) atoms. The summed E-state index contributed by atoms with van der Waals surface area (Å²) in [5.74, 6) is 0.558. The number of hydrogen-bond acceptors (Lipinski definition) is 6. The van der Waals surface area contributed by atoms with Crippen LogP contribution in [0.5, 0.6) is 5.75 Å². The molecule has 172 valence electrons. The number of nitrogens with zero attached hydrogens (tertiary/aromatic N) is 3. The van der Waals surface area contributed by atoms with E-state index in [1.807, 2.05) is 12.1 Å². The fraction of sp³-hybridized carbons (Fsp3) is 0.261. The van der Waals surface area contributed by atoms with Crippen LogP contribution in [-0.4, -0.2) is 39.5 Å². The maximum atomic E-state index is 12.8. The first-order chi connectivity index (χ1) is 15.7. The number of thiazole rings is 1. The smallest absolute Gasteiger partial charge is 0.443 e. The third kappa shape index (κ3) is 5.61. The fourth-order valence-electron chi connectivity index (χ4n) is 3.46. The van der Waals surface area contributed by atoms with Crippen LogP contribution in [0.4, 0.5) is 13.2 Å². The van der Waals surface area contributed by atoms with Crippen LogP contribution in [-0.2, 0) is 12.6 Å². The molecule has 1 aliphatic heterocycles. The van der Waals surface area contributed by atoms with Gasteiger partial charge in [-0.2, -0.15) is 13.2 Å². The first kappa shape index (κ1) is 23.4. The molecule has 0 amide bonds. The molecule has 2 atom stereocenters. The van der Waals surface area contributed by atoms with Gasteiger partial charge in [0.15, 0.2) is 5.01 Å². The molecule has 2 aromatic heterocycles. The van der Waals surface area contributed by atoms with E-state index >= 15 is 0 Å². The topological polar surface area (TPSA) is 67.6 Å². The third-order valence-electron chi connectivity index (χ3n) is 5.25. The summed E-state index contributed by atoms with van der Waals surface area (Å²) in [5, 5.41) is 11.8. The highest BCUT2D eigenvalue weighted by atomic mass is 35.5. The Bertz CT molecular complexity index is 1130. The summed E-state index contributed by atoms with van der Waals surface area (Å²) in [4.78, 5) is 12.2. The van der Waals surface area contributed by atoms with Crippen molar-refractivity contribution in [2.24, 2.45) is 4.99 Å². The van der Waals surface area contributed by atoms with Gasteiger partial charge in [-0.15, -0.1) is 11.3 Å². The normalized spacial score (nSPS) is 18.6. The minimum absolute atomic E-state index is 0.267. The van der Waals surface area contributed by atoms with E-state index < -0.39 is 22.8 Å². The van der Waals surface area contributed by atoms with Crippen molar-refractivity contribution in [1.82, 2.24) is 9.97 Å². The van der Waals surface area contributed by atoms with E-state index in [-0.39, 0.29) is 12.3 Å². The number of rotatable bonds is 8. The fourth-order valence-corrected chi connectivity index (χ4v) is 4.27. The maximum Gasteiger partial charge on any atom is 0.443 e. The Balaban J connectivity index is 1.36. The molecular weight excluding hydrogens is 475 g/mol. The average molecular weight is 494 g/mol. The van der Waals surface area contributed by atoms with Crippen molar-refractivity contribution in [3.63, 3.8) is 0 Å². The second kappa shape index (κ2) is 9.62. The van der Waals surface area contributed by atoms with Crippen LogP contribution in [0.25, 0.3) is 11.3 Å². The average Bonchev–Trinajstić information content (AvgIpc) is 3.47. The largest absolute Gasteiger partial charge is 0.493 e. The van der Waals surface area contributed by atoms with Gasteiger partial charge in [0.2, 0.25) is 0 Å². The highest BCUT2D eigenvalue weighted by Gasteiger charge is 2.36. The van der Waals surface area contributed by atoms with Crippen molar-refractivity contribution in [3.05, 3.63) is 75.9 Å². The Hall–Kier alpha value is -2.75. The van der Waals surface area contributed by atoms with Crippen molar-refractivity contribution >= 4 is 29.2 Å². The molecule has 1 N–H and O–H groups in total. The summed E-state index contributed by atoms with van der Waals surface area (Å²) in [7, 11) is 0. The van der Waals surface area contributed by atoms with E-state index in [4.69, 9.17) is 16.3 Å².